The Bertz CT molecular complexity index is 958. The molecule has 2 N–H and O–H groups in total. The molecule has 0 aliphatic carbocycles. The fourth-order valence-electron chi connectivity index (χ4n) is 2.57. The van der Waals surface area contributed by atoms with Gasteiger partial charge >= 0.3 is 0 Å². The molecule has 0 bridgehead atoms. The third kappa shape index (κ3) is 4.05. The summed E-state index contributed by atoms with van der Waals surface area (Å²) in [7, 11) is 0. The Morgan fingerprint density at radius 3 is 2.65 bits per heavy atom. The molecule has 26 heavy (non-hydrogen) atoms. The number of amides is 1. The minimum atomic E-state index is -0.246. The molecule has 3 aromatic rings. The number of benzene rings is 2. The molecule has 0 saturated heterocycles. The van der Waals surface area contributed by atoms with Crippen LogP contribution in [-0.4, -0.2) is 10.9 Å². The van der Waals surface area contributed by atoms with Gasteiger partial charge in [0, 0.05) is 11.4 Å². The van der Waals surface area contributed by atoms with Crippen LogP contribution in [0.15, 0.2) is 66.9 Å². The lowest BCUT2D eigenvalue weighted by Gasteiger charge is -2.10. The molecule has 0 atom stereocenters. The molecule has 128 valence electrons. The second-order valence-corrected chi connectivity index (χ2v) is 5.71. The second-order valence-electron chi connectivity index (χ2n) is 5.71. The summed E-state index contributed by atoms with van der Waals surface area (Å²) in [5, 5.41) is 15.0. The summed E-state index contributed by atoms with van der Waals surface area (Å²) in [6.45, 7) is 2.05. The van der Waals surface area contributed by atoms with Crippen LogP contribution in [0.2, 0.25) is 0 Å². The van der Waals surface area contributed by atoms with Crippen LogP contribution >= 0.6 is 0 Å². The van der Waals surface area contributed by atoms with Gasteiger partial charge in [0.15, 0.2) is 0 Å². The third-order valence-electron chi connectivity index (χ3n) is 3.92. The summed E-state index contributed by atoms with van der Waals surface area (Å²) in [6.07, 6.45) is 2.44. The number of pyridine rings is 1. The zero-order valence-corrected chi connectivity index (χ0v) is 14.4. The van der Waals surface area contributed by atoms with Crippen LogP contribution in [0.1, 0.15) is 28.5 Å². The topological polar surface area (TPSA) is 77.8 Å². The van der Waals surface area contributed by atoms with E-state index in [1.54, 1.807) is 36.5 Å². The molecule has 0 spiro atoms. The maximum atomic E-state index is 12.4. The number of anilines is 3. The van der Waals surface area contributed by atoms with Gasteiger partial charge in [0.2, 0.25) is 0 Å². The molecule has 5 heteroatoms. The first-order valence-corrected chi connectivity index (χ1v) is 8.32. The number of para-hydroxylation sites is 1. The molecular weight excluding hydrogens is 324 g/mol. The minimum absolute atomic E-state index is 0.246. The number of hydrogen-bond acceptors (Lipinski definition) is 4. The molecule has 3 rings (SSSR count). The van der Waals surface area contributed by atoms with E-state index < -0.39 is 0 Å². The number of nitriles is 1. The zero-order chi connectivity index (χ0) is 18.4. The molecule has 1 aromatic heterocycles. The largest absolute Gasteiger partial charge is 0.354 e. The highest BCUT2D eigenvalue weighted by atomic mass is 16.1. The zero-order valence-electron chi connectivity index (χ0n) is 14.4. The number of rotatable bonds is 5. The van der Waals surface area contributed by atoms with Crippen molar-refractivity contribution in [3.63, 3.8) is 0 Å². The molecule has 0 aliphatic rings. The van der Waals surface area contributed by atoms with Gasteiger partial charge < -0.3 is 10.6 Å². The Morgan fingerprint density at radius 1 is 1.08 bits per heavy atom. The molecular formula is C21H18N4O. The van der Waals surface area contributed by atoms with Crippen molar-refractivity contribution in [3.8, 4) is 6.07 Å². The van der Waals surface area contributed by atoms with Gasteiger partial charge in [0.05, 0.1) is 23.5 Å². The van der Waals surface area contributed by atoms with E-state index in [9.17, 15) is 4.79 Å². The Balaban J connectivity index is 1.70. The van der Waals surface area contributed by atoms with E-state index in [-0.39, 0.29) is 5.91 Å². The summed E-state index contributed by atoms with van der Waals surface area (Å²) in [4.78, 5) is 16.6. The van der Waals surface area contributed by atoms with E-state index in [0.29, 0.717) is 11.3 Å². The van der Waals surface area contributed by atoms with Gasteiger partial charge in [-0.05, 0) is 48.4 Å². The molecule has 5 nitrogen and oxygen atoms in total. The normalized spacial score (nSPS) is 10.0. The lowest BCUT2D eigenvalue weighted by atomic mass is 10.1. The Morgan fingerprint density at radius 2 is 1.92 bits per heavy atom. The Kier molecular flexibility index (Phi) is 5.25. The first-order valence-electron chi connectivity index (χ1n) is 8.32. The van der Waals surface area contributed by atoms with Gasteiger partial charge in [-0.1, -0.05) is 31.2 Å². The van der Waals surface area contributed by atoms with Crippen LogP contribution < -0.4 is 10.6 Å². The minimum Gasteiger partial charge on any atom is -0.354 e. The maximum absolute atomic E-state index is 12.4. The van der Waals surface area contributed by atoms with E-state index in [1.165, 1.54) is 0 Å². The lowest BCUT2D eigenvalue weighted by molar-refractivity contribution is 0.102. The molecule has 0 aliphatic heterocycles. The first kappa shape index (κ1) is 17.2. The van der Waals surface area contributed by atoms with Gasteiger partial charge in [-0.25, -0.2) is 4.98 Å². The van der Waals surface area contributed by atoms with Crippen molar-refractivity contribution in [1.29, 1.82) is 5.26 Å². The first-order chi connectivity index (χ1) is 12.7. The van der Waals surface area contributed by atoms with Gasteiger partial charge in [-0.15, -0.1) is 0 Å². The second kappa shape index (κ2) is 7.95. The van der Waals surface area contributed by atoms with Crippen molar-refractivity contribution >= 4 is 23.0 Å². The molecule has 1 amide bonds. The van der Waals surface area contributed by atoms with E-state index in [1.807, 2.05) is 37.3 Å². The maximum Gasteiger partial charge on any atom is 0.274 e. The quantitative estimate of drug-likeness (QED) is 0.715. The van der Waals surface area contributed by atoms with Gasteiger partial charge in [0.25, 0.3) is 5.91 Å². The fourth-order valence-corrected chi connectivity index (χ4v) is 2.57. The highest BCUT2D eigenvalue weighted by Gasteiger charge is 2.09. The van der Waals surface area contributed by atoms with Crippen molar-refractivity contribution in [3.05, 3.63) is 83.7 Å². The SMILES string of the molecule is CCc1ccccc1NC(=O)c1ccc(Nc2cccc(C#N)c2)cn1. The van der Waals surface area contributed by atoms with Crippen LogP contribution in [0.3, 0.4) is 0 Å². The van der Waals surface area contributed by atoms with Crippen molar-refractivity contribution in [1.82, 2.24) is 4.98 Å². The number of hydrogen-bond donors (Lipinski definition) is 2. The van der Waals surface area contributed by atoms with E-state index in [0.717, 1.165) is 29.0 Å². The van der Waals surface area contributed by atoms with Crippen LogP contribution in [0.4, 0.5) is 17.1 Å². The predicted molar refractivity (Wildman–Crippen MR) is 102 cm³/mol. The van der Waals surface area contributed by atoms with Crippen molar-refractivity contribution in [2.75, 3.05) is 10.6 Å². The summed E-state index contributed by atoms with van der Waals surface area (Å²) >= 11 is 0. The summed E-state index contributed by atoms with van der Waals surface area (Å²) in [5.74, 6) is -0.246. The van der Waals surface area contributed by atoms with Gasteiger partial charge in [-0.2, -0.15) is 5.26 Å². The average molecular weight is 342 g/mol. The summed E-state index contributed by atoms with van der Waals surface area (Å²) < 4.78 is 0. The number of carbonyl (C=O) groups excluding carboxylic acids is 1. The Hall–Kier alpha value is -3.65. The standard InChI is InChI=1S/C21H18N4O/c1-2-16-7-3-4-9-19(16)25-21(26)20-11-10-18(14-23-20)24-17-8-5-6-15(12-17)13-22/h3-12,14,24H,2H2,1H3,(H,25,26). The number of aryl methyl sites for hydroxylation is 1. The molecule has 1 heterocycles. The Labute approximate surface area is 152 Å². The molecule has 2 aromatic carbocycles. The van der Waals surface area contributed by atoms with E-state index in [4.69, 9.17) is 5.26 Å². The van der Waals surface area contributed by atoms with Crippen LogP contribution in [0, 0.1) is 11.3 Å². The number of nitrogens with zero attached hydrogens (tertiary/aromatic N) is 2. The monoisotopic (exact) mass is 342 g/mol. The van der Waals surface area contributed by atoms with Crippen molar-refractivity contribution in [2.45, 2.75) is 13.3 Å². The average Bonchev–Trinajstić information content (AvgIpc) is 2.69. The number of nitrogens with one attached hydrogen (secondary N) is 2. The highest BCUT2D eigenvalue weighted by molar-refractivity contribution is 6.03. The summed E-state index contributed by atoms with van der Waals surface area (Å²) in [6, 6.07) is 20.4. The summed E-state index contributed by atoms with van der Waals surface area (Å²) in [5.41, 5.74) is 4.33. The smallest absolute Gasteiger partial charge is 0.274 e. The van der Waals surface area contributed by atoms with E-state index in [2.05, 4.69) is 21.7 Å². The fraction of sp³-hybridized carbons (Fsp3) is 0.0952. The molecule has 0 radical (unpaired) electrons. The third-order valence-corrected chi connectivity index (χ3v) is 3.92. The van der Waals surface area contributed by atoms with Crippen LogP contribution in [0.25, 0.3) is 0 Å². The van der Waals surface area contributed by atoms with Crippen LogP contribution in [-0.2, 0) is 6.42 Å². The van der Waals surface area contributed by atoms with Crippen LogP contribution in [0.5, 0.6) is 0 Å². The van der Waals surface area contributed by atoms with Crippen molar-refractivity contribution in [2.24, 2.45) is 0 Å². The molecule has 0 fully saturated rings. The molecule has 0 saturated carbocycles. The molecule has 0 unspecified atom stereocenters. The number of carbonyl (C=O) groups is 1. The van der Waals surface area contributed by atoms with Crippen molar-refractivity contribution < 1.29 is 4.79 Å². The lowest BCUT2D eigenvalue weighted by Crippen LogP contribution is -2.14. The highest BCUT2D eigenvalue weighted by Crippen LogP contribution is 2.19. The number of aromatic nitrogens is 1. The van der Waals surface area contributed by atoms with Gasteiger partial charge in [-0.3, -0.25) is 4.79 Å². The predicted octanol–water partition coefficient (Wildman–Crippen LogP) is 4.51. The van der Waals surface area contributed by atoms with Gasteiger partial charge in [0.1, 0.15) is 5.69 Å². The van der Waals surface area contributed by atoms with E-state index >= 15 is 0 Å².